The van der Waals surface area contributed by atoms with Crippen LogP contribution in [0.15, 0.2) is 65.0 Å². The summed E-state index contributed by atoms with van der Waals surface area (Å²) < 4.78 is 51.7. The quantitative estimate of drug-likeness (QED) is 0.570. The van der Waals surface area contributed by atoms with Gasteiger partial charge in [-0.05, 0) is 48.6 Å². The molecule has 2 aliphatic heterocycles. The molecule has 0 spiro atoms. The minimum Gasteiger partial charge on any atom is -0.454 e. The zero-order valence-electron chi connectivity index (χ0n) is 20.0. The molecule has 0 saturated heterocycles. The second-order valence-corrected chi connectivity index (χ2v) is 10.0. The van der Waals surface area contributed by atoms with E-state index in [1.54, 1.807) is 25.1 Å². The summed E-state index contributed by atoms with van der Waals surface area (Å²) in [5, 5.41) is 5.67. The summed E-state index contributed by atoms with van der Waals surface area (Å²) in [6, 6.07) is 10.0. The molecule has 0 radical (unpaired) electrons. The van der Waals surface area contributed by atoms with Gasteiger partial charge in [-0.15, -0.1) is 0 Å². The Labute approximate surface area is 206 Å². The van der Waals surface area contributed by atoms with Gasteiger partial charge in [-0.1, -0.05) is 32.0 Å². The SMILES string of the molecule is CC1=C(C(=O)Nc2ccccc2C(F)(F)F)[C@@H](c2ccc3c(c2)OCO3)C2=C(CC(C)(C)CC2=O)N1. The molecule has 188 valence electrons. The number of amides is 1. The molecule has 0 bridgehead atoms. The third-order valence-corrected chi connectivity index (χ3v) is 6.69. The molecule has 6 nitrogen and oxygen atoms in total. The molecule has 2 heterocycles. The van der Waals surface area contributed by atoms with Crippen LogP contribution >= 0.6 is 0 Å². The molecule has 1 aliphatic carbocycles. The van der Waals surface area contributed by atoms with Crippen molar-refractivity contribution < 1.29 is 32.2 Å². The molecule has 0 fully saturated rings. The number of rotatable bonds is 3. The van der Waals surface area contributed by atoms with E-state index >= 15 is 0 Å². The van der Waals surface area contributed by atoms with Crippen molar-refractivity contribution in [3.8, 4) is 11.5 Å². The number of ether oxygens (including phenoxy) is 2. The number of anilines is 1. The normalized spacial score (nSPS) is 20.7. The maximum absolute atomic E-state index is 13.6. The van der Waals surface area contributed by atoms with Crippen LogP contribution in [0, 0.1) is 5.41 Å². The van der Waals surface area contributed by atoms with Gasteiger partial charge in [0.25, 0.3) is 5.91 Å². The third kappa shape index (κ3) is 4.23. The van der Waals surface area contributed by atoms with Crippen LogP contribution in [0.2, 0.25) is 0 Å². The number of fused-ring (bicyclic) bond motifs is 1. The number of Topliss-reactive ketones (excluding diaryl/α,β-unsaturated/α-hetero) is 1. The van der Waals surface area contributed by atoms with E-state index in [0.29, 0.717) is 41.2 Å². The van der Waals surface area contributed by atoms with E-state index in [-0.39, 0.29) is 29.3 Å². The number of dihydropyridines is 1. The Hall–Kier alpha value is -3.75. The van der Waals surface area contributed by atoms with Gasteiger partial charge in [0.05, 0.1) is 11.3 Å². The molecule has 1 atom stereocenters. The number of hydrogen-bond donors (Lipinski definition) is 2. The summed E-state index contributed by atoms with van der Waals surface area (Å²) in [5.74, 6) is -0.578. The number of ketones is 1. The van der Waals surface area contributed by atoms with Crippen LogP contribution in [0.5, 0.6) is 11.5 Å². The molecule has 0 saturated carbocycles. The largest absolute Gasteiger partial charge is 0.454 e. The predicted octanol–water partition coefficient (Wildman–Crippen LogP) is 5.68. The van der Waals surface area contributed by atoms with Crippen LogP contribution in [0.3, 0.4) is 0 Å². The first kappa shape index (κ1) is 24.0. The summed E-state index contributed by atoms with van der Waals surface area (Å²) in [6.45, 7) is 5.76. The Kier molecular flexibility index (Phi) is 5.61. The summed E-state index contributed by atoms with van der Waals surface area (Å²) in [6.07, 6.45) is -3.76. The summed E-state index contributed by atoms with van der Waals surface area (Å²) in [4.78, 5) is 27.0. The second kappa shape index (κ2) is 8.43. The number of hydrogen-bond acceptors (Lipinski definition) is 5. The Morgan fingerprint density at radius 2 is 1.81 bits per heavy atom. The van der Waals surface area contributed by atoms with Gasteiger partial charge in [-0.2, -0.15) is 13.2 Å². The Balaban J connectivity index is 1.61. The lowest BCUT2D eigenvalue weighted by Crippen LogP contribution is -2.39. The Morgan fingerprint density at radius 3 is 2.56 bits per heavy atom. The maximum Gasteiger partial charge on any atom is 0.418 e. The second-order valence-electron chi connectivity index (χ2n) is 10.0. The van der Waals surface area contributed by atoms with Gasteiger partial charge in [0.15, 0.2) is 17.3 Å². The molecule has 2 N–H and O–H groups in total. The fourth-order valence-electron chi connectivity index (χ4n) is 5.19. The number of allylic oxidation sites excluding steroid dienone is 3. The van der Waals surface area contributed by atoms with Gasteiger partial charge >= 0.3 is 6.18 Å². The first-order valence-corrected chi connectivity index (χ1v) is 11.6. The minimum absolute atomic E-state index is 0.0580. The number of carbonyl (C=O) groups is 2. The van der Waals surface area contributed by atoms with Gasteiger partial charge in [0.1, 0.15) is 0 Å². The Bertz CT molecular complexity index is 1340. The van der Waals surface area contributed by atoms with Crippen molar-refractivity contribution in [1.82, 2.24) is 5.32 Å². The van der Waals surface area contributed by atoms with E-state index in [4.69, 9.17) is 9.47 Å². The molecule has 5 rings (SSSR count). The molecular formula is C27H25F3N2O4. The first-order valence-electron chi connectivity index (χ1n) is 11.6. The van der Waals surface area contributed by atoms with Crippen LogP contribution in [0.25, 0.3) is 0 Å². The monoisotopic (exact) mass is 498 g/mol. The van der Waals surface area contributed by atoms with Crippen molar-refractivity contribution in [2.75, 3.05) is 12.1 Å². The van der Waals surface area contributed by atoms with Crippen molar-refractivity contribution >= 4 is 17.4 Å². The molecule has 2 aromatic rings. The minimum atomic E-state index is -4.64. The van der Waals surface area contributed by atoms with Crippen LogP contribution < -0.4 is 20.1 Å². The molecule has 9 heteroatoms. The highest BCUT2D eigenvalue weighted by atomic mass is 19.4. The fourth-order valence-corrected chi connectivity index (χ4v) is 5.19. The van der Waals surface area contributed by atoms with Crippen molar-refractivity contribution in [3.63, 3.8) is 0 Å². The number of carbonyl (C=O) groups excluding carboxylic acids is 2. The Morgan fingerprint density at radius 1 is 1.08 bits per heavy atom. The molecular weight excluding hydrogens is 473 g/mol. The first-order chi connectivity index (χ1) is 16.9. The zero-order valence-corrected chi connectivity index (χ0v) is 20.0. The number of halogens is 3. The molecule has 0 unspecified atom stereocenters. The predicted molar refractivity (Wildman–Crippen MR) is 126 cm³/mol. The maximum atomic E-state index is 13.6. The van der Waals surface area contributed by atoms with E-state index in [1.807, 2.05) is 13.8 Å². The van der Waals surface area contributed by atoms with Gasteiger partial charge in [-0.3, -0.25) is 9.59 Å². The average Bonchev–Trinajstić information content (AvgIpc) is 3.24. The molecule has 0 aromatic heterocycles. The van der Waals surface area contributed by atoms with E-state index < -0.39 is 23.6 Å². The molecule has 3 aliphatic rings. The van der Waals surface area contributed by atoms with Gasteiger partial charge in [0.2, 0.25) is 6.79 Å². The number of benzene rings is 2. The lowest BCUT2D eigenvalue weighted by Gasteiger charge is -2.39. The van der Waals surface area contributed by atoms with Crippen LogP contribution in [-0.2, 0) is 15.8 Å². The van der Waals surface area contributed by atoms with E-state index in [9.17, 15) is 22.8 Å². The smallest absolute Gasteiger partial charge is 0.418 e. The van der Waals surface area contributed by atoms with Crippen molar-refractivity contribution in [2.24, 2.45) is 5.41 Å². The third-order valence-electron chi connectivity index (χ3n) is 6.69. The summed E-state index contributed by atoms with van der Waals surface area (Å²) >= 11 is 0. The fraction of sp³-hybridized carbons (Fsp3) is 0.333. The standard InChI is InChI=1S/C27H25F3N2O4/c1-14-22(25(34)32-17-7-5-4-6-16(17)27(28,29)30)23(15-8-9-20-21(10-15)36-13-35-20)24-18(31-14)11-26(2,3)12-19(24)33/h4-10,23,31H,11-13H2,1-3H3,(H,32,34)/t23-/m1/s1. The van der Waals surface area contributed by atoms with Crippen molar-refractivity contribution in [1.29, 1.82) is 0 Å². The summed E-state index contributed by atoms with van der Waals surface area (Å²) in [5.41, 5.74) is 0.882. The van der Waals surface area contributed by atoms with Gasteiger partial charge in [-0.25, -0.2) is 0 Å². The zero-order chi connectivity index (χ0) is 25.8. The van der Waals surface area contributed by atoms with Crippen LogP contribution in [0.4, 0.5) is 18.9 Å². The van der Waals surface area contributed by atoms with Crippen LogP contribution in [0.1, 0.15) is 50.7 Å². The van der Waals surface area contributed by atoms with Gasteiger partial charge < -0.3 is 20.1 Å². The van der Waals surface area contributed by atoms with E-state index in [0.717, 1.165) is 11.8 Å². The lowest BCUT2D eigenvalue weighted by atomic mass is 9.68. The molecule has 1 amide bonds. The van der Waals surface area contributed by atoms with E-state index in [1.165, 1.54) is 18.2 Å². The highest BCUT2D eigenvalue weighted by Crippen LogP contribution is 2.48. The van der Waals surface area contributed by atoms with E-state index in [2.05, 4.69) is 10.6 Å². The highest BCUT2D eigenvalue weighted by molar-refractivity contribution is 6.10. The number of alkyl halides is 3. The lowest BCUT2D eigenvalue weighted by molar-refractivity contribution is -0.137. The topological polar surface area (TPSA) is 76.7 Å². The number of nitrogens with one attached hydrogen (secondary N) is 2. The van der Waals surface area contributed by atoms with Crippen LogP contribution in [-0.4, -0.2) is 18.5 Å². The molecule has 2 aromatic carbocycles. The summed E-state index contributed by atoms with van der Waals surface area (Å²) in [7, 11) is 0. The van der Waals surface area contributed by atoms with Crippen molar-refractivity contribution in [2.45, 2.75) is 45.7 Å². The number of para-hydroxylation sites is 1. The average molecular weight is 499 g/mol. The van der Waals surface area contributed by atoms with Gasteiger partial charge in [0, 0.05) is 34.9 Å². The molecule has 36 heavy (non-hydrogen) atoms. The highest BCUT2D eigenvalue weighted by Gasteiger charge is 2.43. The van der Waals surface area contributed by atoms with Crippen molar-refractivity contribution in [3.05, 3.63) is 76.1 Å².